The first-order chi connectivity index (χ1) is 11.3. The molecule has 0 aliphatic rings. The summed E-state index contributed by atoms with van der Waals surface area (Å²) in [5.41, 5.74) is 1.78. The van der Waals surface area contributed by atoms with Gasteiger partial charge in [0.25, 0.3) is 5.56 Å². The first-order valence-electron chi connectivity index (χ1n) is 8.03. The van der Waals surface area contributed by atoms with Crippen molar-refractivity contribution in [2.75, 3.05) is 6.54 Å². The van der Waals surface area contributed by atoms with Gasteiger partial charge in [-0.05, 0) is 30.9 Å². The Balaban J connectivity index is 2.07. The van der Waals surface area contributed by atoms with Crippen LogP contribution in [0.4, 0.5) is 0 Å². The molecule has 0 aliphatic carbocycles. The number of aryl methyl sites for hydroxylation is 1. The molecule has 0 bridgehead atoms. The zero-order chi connectivity index (χ0) is 17.7. The van der Waals surface area contributed by atoms with Crippen LogP contribution >= 0.6 is 0 Å². The van der Waals surface area contributed by atoms with E-state index in [0.29, 0.717) is 30.0 Å². The second-order valence-corrected chi connectivity index (χ2v) is 7.06. The molecule has 0 saturated heterocycles. The van der Waals surface area contributed by atoms with Gasteiger partial charge in [0.2, 0.25) is 5.91 Å². The third-order valence-corrected chi connectivity index (χ3v) is 3.58. The molecule has 0 aliphatic heterocycles. The van der Waals surface area contributed by atoms with Gasteiger partial charge in [-0.15, -0.1) is 0 Å². The first kappa shape index (κ1) is 17.8. The molecule has 2 aromatic heterocycles. The van der Waals surface area contributed by atoms with E-state index in [4.69, 9.17) is 0 Å². The summed E-state index contributed by atoms with van der Waals surface area (Å²) in [6.45, 7) is 8.58. The number of carbonyl (C=O) groups is 1. The number of aromatic amines is 1. The van der Waals surface area contributed by atoms with Crippen molar-refractivity contribution in [2.45, 2.75) is 40.5 Å². The van der Waals surface area contributed by atoms with Gasteiger partial charge in [-0.2, -0.15) is 0 Å². The summed E-state index contributed by atoms with van der Waals surface area (Å²) in [6, 6.07) is 3.63. The fourth-order valence-electron chi connectivity index (χ4n) is 2.24. The molecule has 128 valence electrons. The Labute approximate surface area is 141 Å². The van der Waals surface area contributed by atoms with Crippen LogP contribution in [-0.4, -0.2) is 27.4 Å². The van der Waals surface area contributed by atoms with Crippen molar-refractivity contribution in [3.05, 3.63) is 46.1 Å². The zero-order valence-corrected chi connectivity index (χ0v) is 14.6. The minimum atomic E-state index is -0.204. The van der Waals surface area contributed by atoms with E-state index in [0.717, 1.165) is 5.56 Å². The number of rotatable bonds is 5. The maximum atomic E-state index is 12.3. The van der Waals surface area contributed by atoms with Crippen molar-refractivity contribution in [3.8, 4) is 11.4 Å². The molecule has 2 rings (SSSR count). The molecule has 0 unspecified atom stereocenters. The lowest BCUT2D eigenvalue weighted by Gasteiger charge is -2.18. The molecule has 0 atom stereocenters. The summed E-state index contributed by atoms with van der Waals surface area (Å²) < 4.78 is 0. The fourth-order valence-corrected chi connectivity index (χ4v) is 2.24. The monoisotopic (exact) mass is 328 g/mol. The van der Waals surface area contributed by atoms with Crippen LogP contribution in [0.15, 0.2) is 29.3 Å². The standard InChI is InChI=1S/C18H24N4O2/c1-12-14(7-8-15(23)20-11-18(2,3)4)17(24)22-16(21-12)13-6-5-9-19-10-13/h5-6,9-10H,7-8,11H2,1-4H3,(H,20,23)(H,21,22,24). The molecule has 24 heavy (non-hydrogen) atoms. The van der Waals surface area contributed by atoms with Crippen LogP contribution in [0, 0.1) is 12.3 Å². The number of pyridine rings is 1. The Morgan fingerprint density at radius 3 is 2.67 bits per heavy atom. The lowest BCUT2D eigenvalue weighted by Crippen LogP contribution is -2.32. The lowest BCUT2D eigenvalue weighted by atomic mass is 9.97. The van der Waals surface area contributed by atoms with Gasteiger partial charge in [0, 0.05) is 42.2 Å². The van der Waals surface area contributed by atoms with Crippen LogP contribution < -0.4 is 10.9 Å². The fraction of sp³-hybridized carbons (Fsp3) is 0.444. The second-order valence-electron chi connectivity index (χ2n) is 7.06. The number of aromatic nitrogens is 3. The molecular weight excluding hydrogens is 304 g/mol. The van der Waals surface area contributed by atoms with E-state index < -0.39 is 0 Å². The summed E-state index contributed by atoms with van der Waals surface area (Å²) in [6.07, 6.45) is 3.96. The Kier molecular flexibility index (Phi) is 5.49. The molecule has 6 nitrogen and oxygen atoms in total. The summed E-state index contributed by atoms with van der Waals surface area (Å²) in [5.74, 6) is 0.437. The molecule has 0 radical (unpaired) electrons. The number of nitrogens with one attached hydrogen (secondary N) is 2. The minimum Gasteiger partial charge on any atom is -0.356 e. The zero-order valence-electron chi connectivity index (χ0n) is 14.6. The predicted octanol–water partition coefficient (Wildman–Crippen LogP) is 2.24. The first-order valence-corrected chi connectivity index (χ1v) is 8.03. The van der Waals surface area contributed by atoms with Crippen molar-refractivity contribution in [2.24, 2.45) is 5.41 Å². The van der Waals surface area contributed by atoms with Crippen LogP contribution in [0.5, 0.6) is 0 Å². The van der Waals surface area contributed by atoms with Crippen molar-refractivity contribution < 1.29 is 4.79 Å². The summed E-state index contributed by atoms with van der Waals surface area (Å²) in [4.78, 5) is 35.5. The van der Waals surface area contributed by atoms with E-state index in [1.807, 2.05) is 6.07 Å². The number of amides is 1. The number of carbonyl (C=O) groups excluding carboxylic acids is 1. The molecule has 6 heteroatoms. The van der Waals surface area contributed by atoms with Crippen molar-refractivity contribution in [1.29, 1.82) is 0 Å². The molecular formula is C18H24N4O2. The van der Waals surface area contributed by atoms with Crippen LogP contribution in [-0.2, 0) is 11.2 Å². The summed E-state index contributed by atoms with van der Waals surface area (Å²) >= 11 is 0. The van der Waals surface area contributed by atoms with Gasteiger partial charge in [0.1, 0.15) is 5.82 Å². The molecule has 0 spiro atoms. The Morgan fingerprint density at radius 2 is 2.08 bits per heavy atom. The van der Waals surface area contributed by atoms with Crippen LogP contribution in [0.1, 0.15) is 38.4 Å². The molecule has 2 N–H and O–H groups in total. The van der Waals surface area contributed by atoms with E-state index in [2.05, 4.69) is 41.0 Å². The average molecular weight is 328 g/mol. The molecule has 2 aromatic rings. The van der Waals surface area contributed by atoms with Gasteiger partial charge < -0.3 is 10.3 Å². The van der Waals surface area contributed by atoms with Gasteiger partial charge >= 0.3 is 0 Å². The van der Waals surface area contributed by atoms with Gasteiger partial charge in [-0.25, -0.2) is 4.98 Å². The van der Waals surface area contributed by atoms with Crippen molar-refractivity contribution in [1.82, 2.24) is 20.3 Å². The normalized spacial score (nSPS) is 11.3. The van der Waals surface area contributed by atoms with Crippen molar-refractivity contribution in [3.63, 3.8) is 0 Å². The number of hydrogen-bond acceptors (Lipinski definition) is 4. The van der Waals surface area contributed by atoms with Crippen molar-refractivity contribution >= 4 is 5.91 Å². The SMILES string of the molecule is Cc1nc(-c2cccnc2)[nH]c(=O)c1CCC(=O)NCC(C)(C)C. The van der Waals surface area contributed by atoms with E-state index >= 15 is 0 Å². The molecule has 0 saturated carbocycles. The number of H-pyrrole nitrogens is 1. The summed E-state index contributed by atoms with van der Waals surface area (Å²) in [5, 5.41) is 2.89. The quantitative estimate of drug-likeness (QED) is 0.881. The van der Waals surface area contributed by atoms with Gasteiger partial charge in [0.15, 0.2) is 0 Å². The molecule has 2 heterocycles. The number of nitrogens with zero attached hydrogens (tertiary/aromatic N) is 2. The van der Waals surface area contributed by atoms with Gasteiger partial charge in [0.05, 0.1) is 0 Å². The minimum absolute atomic E-state index is 0.0377. The predicted molar refractivity (Wildman–Crippen MR) is 93.6 cm³/mol. The van der Waals surface area contributed by atoms with E-state index in [1.165, 1.54) is 0 Å². The lowest BCUT2D eigenvalue weighted by molar-refractivity contribution is -0.121. The largest absolute Gasteiger partial charge is 0.356 e. The van der Waals surface area contributed by atoms with Gasteiger partial charge in [-0.1, -0.05) is 20.8 Å². The van der Waals surface area contributed by atoms with Crippen LogP contribution in [0.2, 0.25) is 0 Å². The third kappa shape index (κ3) is 5.01. The highest BCUT2D eigenvalue weighted by Crippen LogP contribution is 2.13. The molecule has 0 aromatic carbocycles. The van der Waals surface area contributed by atoms with Crippen LogP contribution in [0.3, 0.4) is 0 Å². The molecule has 1 amide bonds. The highest BCUT2D eigenvalue weighted by molar-refractivity contribution is 5.76. The molecule has 0 fully saturated rings. The highest BCUT2D eigenvalue weighted by atomic mass is 16.1. The third-order valence-electron chi connectivity index (χ3n) is 3.58. The van der Waals surface area contributed by atoms with Gasteiger partial charge in [-0.3, -0.25) is 14.6 Å². The summed E-state index contributed by atoms with van der Waals surface area (Å²) in [7, 11) is 0. The van der Waals surface area contributed by atoms with E-state index in [9.17, 15) is 9.59 Å². The van der Waals surface area contributed by atoms with E-state index in [1.54, 1.807) is 25.4 Å². The average Bonchev–Trinajstić information content (AvgIpc) is 2.52. The smallest absolute Gasteiger partial charge is 0.254 e. The second kappa shape index (κ2) is 7.38. The van der Waals surface area contributed by atoms with Crippen LogP contribution in [0.25, 0.3) is 11.4 Å². The Morgan fingerprint density at radius 1 is 1.33 bits per heavy atom. The maximum absolute atomic E-state index is 12.3. The maximum Gasteiger partial charge on any atom is 0.254 e. The van der Waals surface area contributed by atoms with E-state index in [-0.39, 0.29) is 23.3 Å². The highest BCUT2D eigenvalue weighted by Gasteiger charge is 2.14. The Bertz CT molecular complexity index is 761. The Hall–Kier alpha value is -2.50. The number of hydrogen-bond donors (Lipinski definition) is 2. The topological polar surface area (TPSA) is 87.7 Å².